The third-order valence-electron chi connectivity index (χ3n) is 5.73. The lowest BCUT2D eigenvalue weighted by Gasteiger charge is -2.41. The molecule has 1 aliphatic carbocycles. The number of hydrogen-bond donors (Lipinski definition) is 2. The van der Waals surface area contributed by atoms with Crippen LogP contribution in [0.5, 0.6) is 0 Å². The molecular formula is C19H31N5O3S. The van der Waals surface area contributed by atoms with Crippen molar-refractivity contribution in [1.29, 1.82) is 0 Å². The largest absolute Gasteiger partial charge is 0.353 e. The fourth-order valence-electron chi connectivity index (χ4n) is 4.49. The van der Waals surface area contributed by atoms with Crippen LogP contribution in [0.2, 0.25) is 0 Å². The lowest BCUT2D eigenvalue weighted by Crippen LogP contribution is -2.52. The van der Waals surface area contributed by atoms with Gasteiger partial charge in [-0.15, -0.1) is 0 Å². The molecule has 1 aromatic rings. The van der Waals surface area contributed by atoms with Gasteiger partial charge in [0.15, 0.2) is 0 Å². The molecule has 8 nitrogen and oxygen atoms in total. The molecule has 1 saturated carbocycles. The van der Waals surface area contributed by atoms with Crippen LogP contribution in [0.25, 0.3) is 0 Å². The van der Waals surface area contributed by atoms with Crippen molar-refractivity contribution in [3.05, 3.63) is 12.3 Å². The van der Waals surface area contributed by atoms with Crippen LogP contribution in [0.15, 0.2) is 12.3 Å². The highest BCUT2D eigenvalue weighted by atomic mass is 32.2. The van der Waals surface area contributed by atoms with E-state index < -0.39 is 10.0 Å². The number of nitrogens with zero attached hydrogens (tertiary/aromatic N) is 3. The fraction of sp³-hybridized carbons (Fsp3) is 0.737. The molecule has 3 rings (SSSR count). The first-order valence-corrected chi connectivity index (χ1v) is 11.9. The maximum absolute atomic E-state index is 12.5. The Morgan fingerprint density at radius 1 is 1.32 bits per heavy atom. The second-order valence-electron chi connectivity index (χ2n) is 8.50. The van der Waals surface area contributed by atoms with Crippen LogP contribution < -0.4 is 14.9 Å². The van der Waals surface area contributed by atoms with E-state index in [1.54, 1.807) is 19.9 Å². The van der Waals surface area contributed by atoms with Crippen LogP contribution in [0.3, 0.4) is 0 Å². The second-order valence-corrected chi connectivity index (χ2v) is 10.4. The molecule has 0 radical (unpaired) electrons. The zero-order valence-corrected chi connectivity index (χ0v) is 17.9. The summed E-state index contributed by atoms with van der Waals surface area (Å²) in [6, 6.07) is 1.63. The molecule has 2 fully saturated rings. The summed E-state index contributed by atoms with van der Waals surface area (Å²) < 4.78 is 25.4. The summed E-state index contributed by atoms with van der Waals surface area (Å²) in [5.41, 5.74) is 0. The number of carbonyl (C=O) groups is 1. The first-order chi connectivity index (χ1) is 13.1. The number of nitrogens with one attached hydrogen (secondary N) is 2. The van der Waals surface area contributed by atoms with Gasteiger partial charge in [-0.25, -0.2) is 13.4 Å². The first kappa shape index (κ1) is 20.8. The van der Waals surface area contributed by atoms with E-state index in [-0.39, 0.29) is 17.9 Å². The van der Waals surface area contributed by atoms with Gasteiger partial charge in [0.05, 0.1) is 12.2 Å². The summed E-state index contributed by atoms with van der Waals surface area (Å²) >= 11 is 0. The molecule has 2 N–H and O–H groups in total. The van der Waals surface area contributed by atoms with Crippen molar-refractivity contribution in [2.24, 2.45) is 17.8 Å². The topological polar surface area (TPSA) is 104 Å². The average Bonchev–Trinajstić information content (AvgIpc) is 2.59. The van der Waals surface area contributed by atoms with E-state index in [9.17, 15) is 13.2 Å². The lowest BCUT2D eigenvalue weighted by atomic mass is 9.72. The van der Waals surface area contributed by atoms with Crippen LogP contribution in [0.4, 0.5) is 11.8 Å². The Kier molecular flexibility index (Phi) is 6.12. The number of anilines is 2. The van der Waals surface area contributed by atoms with Crippen LogP contribution >= 0.6 is 0 Å². The highest BCUT2D eigenvalue weighted by Crippen LogP contribution is 2.36. The van der Waals surface area contributed by atoms with Gasteiger partial charge in [0, 0.05) is 30.9 Å². The van der Waals surface area contributed by atoms with Gasteiger partial charge in [-0.3, -0.25) is 9.10 Å². The van der Waals surface area contributed by atoms with Gasteiger partial charge in [0.2, 0.25) is 21.9 Å². The minimum atomic E-state index is -3.45. The van der Waals surface area contributed by atoms with Gasteiger partial charge < -0.3 is 10.6 Å². The number of rotatable bonds is 6. The van der Waals surface area contributed by atoms with E-state index >= 15 is 0 Å². The molecule has 4 atom stereocenters. The highest BCUT2D eigenvalue weighted by Gasteiger charge is 2.38. The molecule has 1 aromatic heterocycles. The van der Waals surface area contributed by atoms with Gasteiger partial charge in [0.1, 0.15) is 5.82 Å². The molecule has 28 heavy (non-hydrogen) atoms. The summed E-state index contributed by atoms with van der Waals surface area (Å²) in [4.78, 5) is 21.0. The van der Waals surface area contributed by atoms with Crippen molar-refractivity contribution in [2.45, 2.75) is 58.5 Å². The molecule has 1 amide bonds. The number of carbonyl (C=O) groups excluding carboxylic acids is 1. The molecular weight excluding hydrogens is 378 g/mol. The van der Waals surface area contributed by atoms with Crippen molar-refractivity contribution in [3.63, 3.8) is 0 Å². The van der Waals surface area contributed by atoms with Crippen molar-refractivity contribution in [2.75, 3.05) is 22.4 Å². The van der Waals surface area contributed by atoms with E-state index in [0.717, 1.165) is 25.5 Å². The Labute approximate surface area is 167 Å². The van der Waals surface area contributed by atoms with Gasteiger partial charge in [-0.1, -0.05) is 6.92 Å². The van der Waals surface area contributed by atoms with E-state index in [1.165, 1.54) is 16.9 Å². The summed E-state index contributed by atoms with van der Waals surface area (Å²) in [5, 5.41) is 6.31. The number of piperidine rings is 1. The molecule has 2 aliphatic rings. The molecule has 156 valence electrons. The zero-order valence-electron chi connectivity index (χ0n) is 17.1. The maximum Gasteiger partial charge on any atom is 0.233 e. The minimum absolute atomic E-state index is 0.0828. The Hall–Kier alpha value is -1.90. The second kappa shape index (κ2) is 8.23. The summed E-state index contributed by atoms with van der Waals surface area (Å²) in [5.74, 6) is 1.85. The van der Waals surface area contributed by atoms with E-state index in [4.69, 9.17) is 0 Å². The Balaban J connectivity index is 1.67. The summed E-state index contributed by atoms with van der Waals surface area (Å²) in [6.07, 6.45) is 6.97. The predicted molar refractivity (Wildman–Crippen MR) is 110 cm³/mol. The van der Waals surface area contributed by atoms with Crippen LogP contribution in [-0.2, 0) is 14.8 Å². The number of aromatic nitrogens is 2. The summed E-state index contributed by atoms with van der Waals surface area (Å²) in [7, 11) is -3.45. The number of fused-ring (bicyclic) bond motifs is 1. The molecule has 0 bridgehead atoms. The smallest absolute Gasteiger partial charge is 0.233 e. The quantitative estimate of drug-likeness (QED) is 0.745. The van der Waals surface area contributed by atoms with E-state index in [2.05, 4.69) is 27.5 Å². The molecule has 1 saturated heterocycles. The minimum Gasteiger partial charge on any atom is -0.353 e. The third-order valence-corrected chi connectivity index (χ3v) is 7.05. The monoisotopic (exact) mass is 409 g/mol. The number of hydrogen-bond acceptors (Lipinski definition) is 6. The molecule has 9 heteroatoms. The van der Waals surface area contributed by atoms with Gasteiger partial charge in [-0.05, 0) is 51.4 Å². The maximum atomic E-state index is 12.5. The number of amides is 1. The average molecular weight is 410 g/mol. The van der Waals surface area contributed by atoms with Crippen molar-refractivity contribution in [1.82, 2.24) is 15.3 Å². The normalized spacial score (nSPS) is 27.8. The van der Waals surface area contributed by atoms with E-state index in [1.807, 2.05) is 0 Å². The van der Waals surface area contributed by atoms with Crippen molar-refractivity contribution in [3.8, 4) is 0 Å². The predicted octanol–water partition coefficient (Wildman–Crippen LogP) is 2.00. The van der Waals surface area contributed by atoms with Gasteiger partial charge in [-0.2, -0.15) is 4.98 Å². The molecule has 0 aromatic carbocycles. The SMILES string of the molecule is CC1CCC2NC(=O)C(CNc3nccc(N(C(C)C)S(C)(=O)=O)n3)CC2C1. The lowest BCUT2D eigenvalue weighted by molar-refractivity contribution is -0.129. The van der Waals surface area contributed by atoms with Crippen LogP contribution in [-0.4, -0.2) is 49.2 Å². The fourth-order valence-corrected chi connectivity index (χ4v) is 5.69. The Bertz CT molecular complexity index is 814. The Morgan fingerprint density at radius 3 is 2.75 bits per heavy atom. The standard InChI is InChI=1S/C19H31N5O3S/c1-12(2)24(28(4,26)27)17-7-8-20-19(23-17)21-11-15-10-14-9-13(3)5-6-16(14)22-18(15)25/h7-8,12-16H,5-6,9-11H2,1-4H3,(H,22,25)(H,20,21,23). The summed E-state index contributed by atoms with van der Waals surface area (Å²) in [6.45, 7) is 6.31. The molecule has 1 aliphatic heterocycles. The van der Waals surface area contributed by atoms with Gasteiger partial charge in [0.25, 0.3) is 0 Å². The first-order valence-electron chi connectivity index (χ1n) is 10.0. The zero-order chi connectivity index (χ0) is 20.5. The molecule has 4 unspecified atom stereocenters. The number of sulfonamides is 1. The molecule has 0 spiro atoms. The van der Waals surface area contributed by atoms with Crippen LogP contribution in [0, 0.1) is 17.8 Å². The molecule has 2 heterocycles. The van der Waals surface area contributed by atoms with E-state index in [0.29, 0.717) is 36.2 Å². The highest BCUT2D eigenvalue weighted by molar-refractivity contribution is 7.92. The van der Waals surface area contributed by atoms with Gasteiger partial charge >= 0.3 is 0 Å². The third kappa shape index (κ3) is 4.74. The Morgan fingerprint density at radius 2 is 2.07 bits per heavy atom. The van der Waals surface area contributed by atoms with Crippen molar-refractivity contribution >= 4 is 27.7 Å². The van der Waals surface area contributed by atoms with Crippen LogP contribution in [0.1, 0.15) is 46.5 Å². The van der Waals surface area contributed by atoms with Crippen molar-refractivity contribution < 1.29 is 13.2 Å².